The number of carbonyl (C=O) groups is 1. The number of para-hydroxylation sites is 1. The molecule has 2 atom stereocenters. The van der Waals surface area contributed by atoms with Gasteiger partial charge in [0.05, 0.1) is 6.61 Å². The predicted octanol–water partition coefficient (Wildman–Crippen LogP) is 6.52. The lowest BCUT2D eigenvalue weighted by atomic mass is 10.2. The van der Waals surface area contributed by atoms with Crippen LogP contribution in [-0.4, -0.2) is 19.2 Å². The van der Waals surface area contributed by atoms with Gasteiger partial charge in [-0.25, -0.2) is 13.8 Å². The zero-order valence-corrected chi connectivity index (χ0v) is 17.5. The van der Waals surface area contributed by atoms with E-state index in [-0.39, 0.29) is 24.5 Å². The second-order valence-corrected chi connectivity index (χ2v) is 9.05. The Balaban J connectivity index is 1.89. The minimum Gasteiger partial charge on any atom is -0.457 e. The third-order valence-electron chi connectivity index (χ3n) is 3.91. The lowest BCUT2D eigenvalue weighted by molar-refractivity contribution is 0.0555. The van der Waals surface area contributed by atoms with Crippen molar-refractivity contribution in [2.45, 2.75) is 12.8 Å². The summed E-state index contributed by atoms with van der Waals surface area (Å²) >= 11 is 1.23. The van der Waals surface area contributed by atoms with E-state index in [0.29, 0.717) is 10.3 Å². The Morgan fingerprint density at radius 1 is 1.24 bits per heavy atom. The maximum atomic E-state index is 15.3. The number of benzene rings is 2. The Morgan fingerprint density at radius 2 is 2.00 bits per heavy atom. The van der Waals surface area contributed by atoms with Gasteiger partial charge in [0, 0.05) is 10.3 Å². The molecule has 5 nitrogen and oxygen atoms in total. The average Bonchev–Trinajstić information content (AvgIpc) is 3.15. The van der Waals surface area contributed by atoms with Crippen LogP contribution in [0.1, 0.15) is 28.1 Å². The summed E-state index contributed by atoms with van der Waals surface area (Å²) < 4.78 is 44.9. The van der Waals surface area contributed by atoms with Crippen molar-refractivity contribution in [1.29, 1.82) is 0 Å². The number of thiophene rings is 1. The normalized spacial score (nSPS) is 14.1. The zero-order chi connectivity index (χ0) is 20.9. The summed E-state index contributed by atoms with van der Waals surface area (Å²) in [5.74, 6) is -2.20. The number of halogens is 1. The Kier molecular flexibility index (Phi) is 6.85. The van der Waals surface area contributed by atoms with Crippen molar-refractivity contribution in [2.75, 3.05) is 13.2 Å². The van der Waals surface area contributed by atoms with E-state index in [9.17, 15) is 9.36 Å². The molecule has 2 unspecified atom stereocenters. The molecular weight excluding hydrogens is 414 g/mol. The molecule has 0 fully saturated rings. The Bertz CT molecular complexity index is 1050. The molecule has 0 saturated heterocycles. The smallest absolute Gasteiger partial charge is 0.417 e. The maximum Gasteiger partial charge on any atom is 0.417 e. The number of rotatable bonds is 9. The van der Waals surface area contributed by atoms with Gasteiger partial charge in [0.2, 0.25) is 5.91 Å². The molecule has 152 valence electrons. The molecule has 29 heavy (non-hydrogen) atoms. The van der Waals surface area contributed by atoms with Gasteiger partial charge >= 0.3 is 13.6 Å². The molecule has 0 amide bonds. The third kappa shape index (κ3) is 4.93. The zero-order valence-electron chi connectivity index (χ0n) is 15.7. The molecule has 1 aromatic heterocycles. The molecule has 0 N–H and O–H groups in total. The molecule has 0 aliphatic rings. The molecule has 0 aliphatic carbocycles. The summed E-state index contributed by atoms with van der Waals surface area (Å²) in [6.07, 6.45) is 1.48. The number of alkyl halides is 1. The van der Waals surface area contributed by atoms with Crippen LogP contribution in [0.15, 0.2) is 67.3 Å². The van der Waals surface area contributed by atoms with E-state index in [1.807, 2.05) is 0 Å². The number of carbonyl (C=O) groups excluding carboxylic acids is 1. The molecule has 0 spiro atoms. The molecule has 1 heterocycles. The van der Waals surface area contributed by atoms with E-state index in [4.69, 9.17) is 13.8 Å². The number of fused-ring (bicyclic) bond motifs is 1. The van der Waals surface area contributed by atoms with Gasteiger partial charge in [-0.3, -0.25) is 4.52 Å². The first kappa shape index (κ1) is 21.2. The fourth-order valence-corrected chi connectivity index (χ4v) is 5.16. The van der Waals surface area contributed by atoms with E-state index in [2.05, 4.69) is 6.58 Å². The lowest BCUT2D eigenvalue weighted by Crippen LogP contribution is -2.05. The van der Waals surface area contributed by atoms with Gasteiger partial charge in [-0.05, 0) is 42.6 Å². The van der Waals surface area contributed by atoms with Crippen molar-refractivity contribution in [2.24, 2.45) is 0 Å². The lowest BCUT2D eigenvalue weighted by Gasteiger charge is -2.22. The molecular formula is C21H20FO5PS. The van der Waals surface area contributed by atoms with Crippen LogP contribution in [0, 0.1) is 0 Å². The van der Waals surface area contributed by atoms with Crippen molar-refractivity contribution in [3.8, 4) is 5.75 Å². The van der Waals surface area contributed by atoms with Gasteiger partial charge in [0.25, 0.3) is 0 Å². The summed E-state index contributed by atoms with van der Waals surface area (Å²) in [4.78, 5) is 12.4. The maximum absolute atomic E-state index is 15.3. The summed E-state index contributed by atoms with van der Waals surface area (Å²) in [6.45, 7) is 5.27. The first-order chi connectivity index (χ1) is 14.0. The molecule has 3 aromatic rings. The predicted molar refractivity (Wildman–Crippen MR) is 112 cm³/mol. The van der Waals surface area contributed by atoms with Gasteiger partial charge < -0.3 is 9.26 Å². The molecule has 3 rings (SSSR count). The standard InChI is InChI=1S/C21H20FO5PS/c1-3-12-25-21(23)19-14-16-13-15(10-11-18(16)29-19)20(22)28(24,26-4-2)27-17-8-6-5-7-9-17/h3,5-11,13-14,20H,1,4,12H2,2H3. The fraction of sp³-hybridized carbons (Fsp3) is 0.190. The van der Waals surface area contributed by atoms with Gasteiger partial charge in [-0.1, -0.05) is 36.9 Å². The van der Waals surface area contributed by atoms with Crippen molar-refractivity contribution in [3.63, 3.8) is 0 Å². The van der Waals surface area contributed by atoms with E-state index in [1.165, 1.54) is 23.5 Å². The molecule has 2 aromatic carbocycles. The second-order valence-electron chi connectivity index (χ2n) is 5.99. The monoisotopic (exact) mass is 434 g/mol. The highest BCUT2D eigenvalue weighted by Crippen LogP contribution is 2.61. The van der Waals surface area contributed by atoms with Crippen LogP contribution in [0.2, 0.25) is 0 Å². The Hall–Kier alpha value is -2.47. The largest absolute Gasteiger partial charge is 0.457 e. The van der Waals surface area contributed by atoms with Gasteiger partial charge in [0.1, 0.15) is 17.2 Å². The Labute approximate surface area is 172 Å². The minimum atomic E-state index is -4.13. The van der Waals surface area contributed by atoms with Crippen LogP contribution in [0.4, 0.5) is 4.39 Å². The van der Waals surface area contributed by atoms with Gasteiger partial charge in [0.15, 0.2) is 0 Å². The van der Waals surface area contributed by atoms with Crippen molar-refractivity contribution >= 4 is 35.0 Å². The summed E-state index contributed by atoms with van der Waals surface area (Å²) in [5, 5.41) is 0.642. The van der Waals surface area contributed by atoms with E-state index in [0.717, 1.165) is 4.70 Å². The van der Waals surface area contributed by atoms with Crippen LogP contribution in [-0.2, 0) is 13.8 Å². The first-order valence-corrected chi connectivity index (χ1v) is 11.3. The average molecular weight is 434 g/mol. The van der Waals surface area contributed by atoms with Gasteiger partial charge in [-0.15, -0.1) is 11.3 Å². The SMILES string of the molecule is C=CCOC(=O)c1cc2cc(C(F)P(=O)(OCC)Oc3ccccc3)ccc2s1. The van der Waals surface area contributed by atoms with Crippen LogP contribution in [0.25, 0.3) is 10.1 Å². The molecule has 0 radical (unpaired) electrons. The number of hydrogen-bond donors (Lipinski definition) is 0. The molecule has 0 aliphatic heterocycles. The molecule has 0 saturated carbocycles. The summed E-state index contributed by atoms with van der Waals surface area (Å²) in [7, 11) is -4.13. The number of ether oxygens (including phenoxy) is 1. The molecule has 8 heteroatoms. The number of hydrogen-bond acceptors (Lipinski definition) is 6. The van der Waals surface area contributed by atoms with Gasteiger partial charge in [-0.2, -0.15) is 0 Å². The highest BCUT2D eigenvalue weighted by Gasteiger charge is 2.39. The van der Waals surface area contributed by atoms with Crippen LogP contribution in [0.5, 0.6) is 5.75 Å². The molecule has 0 bridgehead atoms. The van der Waals surface area contributed by atoms with Crippen molar-refractivity contribution in [3.05, 3.63) is 77.7 Å². The second kappa shape index (κ2) is 9.35. The fourth-order valence-electron chi connectivity index (χ4n) is 2.65. The highest BCUT2D eigenvalue weighted by atomic mass is 32.1. The quantitative estimate of drug-likeness (QED) is 0.218. The van der Waals surface area contributed by atoms with E-state index >= 15 is 4.39 Å². The Morgan fingerprint density at radius 3 is 2.69 bits per heavy atom. The van der Waals surface area contributed by atoms with E-state index < -0.39 is 19.5 Å². The van der Waals surface area contributed by atoms with Crippen molar-refractivity contribution < 1.29 is 27.5 Å². The minimum absolute atomic E-state index is 0.0323. The summed E-state index contributed by atoms with van der Waals surface area (Å²) in [5.41, 5.74) is 0.147. The number of esters is 1. The topological polar surface area (TPSA) is 61.8 Å². The van der Waals surface area contributed by atoms with Crippen LogP contribution in [0.3, 0.4) is 0 Å². The first-order valence-electron chi connectivity index (χ1n) is 8.91. The highest BCUT2D eigenvalue weighted by molar-refractivity contribution is 7.54. The van der Waals surface area contributed by atoms with Crippen molar-refractivity contribution in [1.82, 2.24) is 0 Å². The van der Waals surface area contributed by atoms with E-state index in [1.54, 1.807) is 55.5 Å². The third-order valence-corrected chi connectivity index (χ3v) is 6.94. The summed E-state index contributed by atoms with van der Waals surface area (Å²) in [6, 6.07) is 14.7. The van der Waals surface area contributed by atoms with Crippen LogP contribution < -0.4 is 4.52 Å². The van der Waals surface area contributed by atoms with Crippen LogP contribution >= 0.6 is 18.9 Å².